The third-order valence-electron chi connectivity index (χ3n) is 12.0. The molecule has 13 aromatic rings. The predicted molar refractivity (Wildman–Crippen MR) is 259 cm³/mol. The lowest BCUT2D eigenvalue weighted by Crippen LogP contribution is -1.96. The zero-order chi connectivity index (χ0) is 45.2. The Kier molecular flexibility index (Phi) is 8.88. The van der Waals surface area contributed by atoms with Crippen molar-refractivity contribution >= 4 is 118 Å². The van der Waals surface area contributed by atoms with Gasteiger partial charge in [0.2, 0.25) is 0 Å². The van der Waals surface area contributed by atoms with E-state index in [9.17, 15) is 26.3 Å². The smallest absolute Gasteiger partial charge is 0.198 e. The highest BCUT2D eigenvalue weighted by Crippen LogP contribution is 2.51. The van der Waals surface area contributed by atoms with Crippen LogP contribution in [0.5, 0.6) is 23.0 Å². The molecule has 0 bridgehead atoms. The summed E-state index contributed by atoms with van der Waals surface area (Å²) in [6.07, 6.45) is 0. The van der Waals surface area contributed by atoms with Gasteiger partial charge in [-0.25, -0.2) is 36.3 Å². The Labute approximate surface area is 386 Å². The van der Waals surface area contributed by atoms with Crippen LogP contribution in [0.2, 0.25) is 0 Å². The second kappa shape index (κ2) is 15.0. The number of hydrogen-bond donors (Lipinski definition) is 0. The van der Waals surface area contributed by atoms with Crippen molar-refractivity contribution in [3.63, 3.8) is 0 Å². The molecule has 4 heterocycles. The van der Waals surface area contributed by atoms with Crippen molar-refractivity contribution in [1.82, 2.24) is 9.97 Å². The molecule has 0 spiro atoms. The molecule has 0 N–H and O–H groups in total. The molecule has 9 aromatic carbocycles. The Morgan fingerprint density at radius 2 is 0.746 bits per heavy atom. The van der Waals surface area contributed by atoms with Crippen molar-refractivity contribution < 1.29 is 35.8 Å². The van der Waals surface area contributed by atoms with E-state index in [-0.39, 0.29) is 11.5 Å². The Hall–Kier alpha value is -7.58. The van der Waals surface area contributed by atoms with E-state index < -0.39 is 46.4 Å². The van der Waals surface area contributed by atoms with E-state index in [0.29, 0.717) is 67.9 Å². The molecule has 67 heavy (non-hydrogen) atoms. The highest BCUT2D eigenvalue weighted by molar-refractivity contribution is 7.28. The first-order valence-corrected chi connectivity index (χ1v) is 23.2. The Bertz CT molecular complexity index is 3960. The first kappa shape index (κ1) is 39.8. The van der Waals surface area contributed by atoms with Crippen LogP contribution in [0.15, 0.2) is 146 Å². The molecule has 0 fully saturated rings. The number of rotatable bonds is 6. The van der Waals surface area contributed by atoms with Crippen LogP contribution in [0.3, 0.4) is 0 Å². The third-order valence-corrected chi connectivity index (χ3v) is 15.7. The van der Waals surface area contributed by atoms with Gasteiger partial charge in [0.25, 0.3) is 0 Å². The van der Waals surface area contributed by atoms with E-state index in [0.717, 1.165) is 61.2 Å². The maximum absolute atomic E-state index is 15.0. The lowest BCUT2D eigenvalue weighted by Gasteiger charge is -2.14. The summed E-state index contributed by atoms with van der Waals surface area (Å²) in [6.45, 7) is 0. The monoisotopic (exact) mass is 942 g/mol. The van der Waals surface area contributed by atoms with E-state index in [1.165, 1.54) is 12.1 Å². The molecular formula is C54H24F6N2O2S3. The number of ether oxygens (including phenoxy) is 2. The van der Waals surface area contributed by atoms with Gasteiger partial charge in [0, 0.05) is 86.5 Å². The molecule has 0 unspecified atom stereocenters. The van der Waals surface area contributed by atoms with Gasteiger partial charge in [0.15, 0.2) is 34.8 Å². The van der Waals surface area contributed by atoms with E-state index in [1.807, 2.05) is 36.4 Å². The number of nitrogens with zero attached hydrogens (tertiary/aromatic N) is 2. The highest BCUT2D eigenvalue weighted by Gasteiger charge is 2.26. The van der Waals surface area contributed by atoms with Crippen molar-refractivity contribution in [2.24, 2.45) is 0 Å². The minimum Gasteiger partial charge on any atom is -0.451 e. The largest absolute Gasteiger partial charge is 0.451 e. The fraction of sp³-hybridized carbons (Fsp3) is 0. The number of fused-ring (bicyclic) bond motifs is 13. The van der Waals surface area contributed by atoms with Crippen molar-refractivity contribution in [3.8, 4) is 43.9 Å². The van der Waals surface area contributed by atoms with Gasteiger partial charge in [0.05, 0.1) is 20.8 Å². The molecule has 0 aliphatic carbocycles. The molecule has 0 saturated heterocycles. The molecular weight excluding hydrogens is 919 g/mol. The maximum Gasteiger partial charge on any atom is 0.198 e. The summed E-state index contributed by atoms with van der Waals surface area (Å²) < 4.78 is 104. The van der Waals surface area contributed by atoms with Gasteiger partial charge in [-0.3, -0.25) is 0 Å². The fourth-order valence-corrected chi connectivity index (χ4v) is 12.9. The SMILES string of the molecule is Fc1cc(F)c(Oc2ccc3c4ccc(Oc5c(F)cc(F)cc5F)cc4c4nc5c(-c6cccc7c6sc6ccccc67)sc(-c6cccc7c6sc6ccccc67)c5nc4c3c2)c(F)c1. The molecule has 0 atom stereocenters. The van der Waals surface area contributed by atoms with E-state index in [1.54, 1.807) is 58.3 Å². The van der Waals surface area contributed by atoms with Crippen LogP contribution in [0.4, 0.5) is 26.3 Å². The van der Waals surface area contributed by atoms with E-state index >= 15 is 0 Å². The predicted octanol–water partition coefficient (Wildman–Crippen LogP) is 17.6. The van der Waals surface area contributed by atoms with Gasteiger partial charge >= 0.3 is 0 Å². The molecule has 0 saturated carbocycles. The zero-order valence-corrected chi connectivity index (χ0v) is 36.5. The highest BCUT2D eigenvalue weighted by atomic mass is 32.1. The number of benzene rings is 9. The van der Waals surface area contributed by atoms with E-state index in [2.05, 4.69) is 48.5 Å². The summed E-state index contributed by atoms with van der Waals surface area (Å²) in [4.78, 5) is 12.7. The zero-order valence-electron chi connectivity index (χ0n) is 34.1. The van der Waals surface area contributed by atoms with Crippen LogP contribution in [-0.2, 0) is 0 Å². The van der Waals surface area contributed by atoms with Crippen molar-refractivity contribution in [3.05, 3.63) is 180 Å². The lowest BCUT2D eigenvalue weighted by atomic mass is 9.98. The standard InChI is InChI=1S/C54H24F6N2O2S3/c55-25-19-39(57)49(40(58)20-25)63-27-15-17-29-30-18-16-28(64-50-41(59)21-26(56)22-42(50)60)24-38(30)46-45(37(29)23-27)61-47-48(62-46)54(36-12-6-10-34-32-8-2-4-14-44(32)66-52(34)36)67-53(47)35-11-5-9-33-31-7-1-3-13-43(31)65-51(33)35/h1-24H. The first-order chi connectivity index (χ1) is 32.6. The van der Waals surface area contributed by atoms with Crippen LogP contribution in [-0.4, -0.2) is 9.97 Å². The Morgan fingerprint density at radius 1 is 0.343 bits per heavy atom. The van der Waals surface area contributed by atoms with Crippen LogP contribution in [0, 0.1) is 34.9 Å². The summed E-state index contributed by atoms with van der Waals surface area (Å²) >= 11 is 4.96. The summed E-state index contributed by atoms with van der Waals surface area (Å²) in [7, 11) is 0. The van der Waals surface area contributed by atoms with Crippen molar-refractivity contribution in [1.29, 1.82) is 0 Å². The molecule has 13 heteroatoms. The fourth-order valence-electron chi connectivity index (χ4n) is 9.07. The average Bonchev–Trinajstić information content (AvgIpc) is 4.02. The van der Waals surface area contributed by atoms with Crippen molar-refractivity contribution in [2.75, 3.05) is 0 Å². The molecule has 0 aliphatic heterocycles. The van der Waals surface area contributed by atoms with Crippen LogP contribution in [0.1, 0.15) is 0 Å². The minimum absolute atomic E-state index is 0.0411. The molecule has 0 aliphatic rings. The number of hydrogen-bond acceptors (Lipinski definition) is 7. The Balaban J connectivity index is 1.14. The quantitative estimate of drug-likeness (QED) is 0.123. The third kappa shape index (κ3) is 6.26. The van der Waals surface area contributed by atoms with Gasteiger partial charge in [0.1, 0.15) is 34.2 Å². The second-order valence-corrected chi connectivity index (χ2v) is 19.1. The number of aromatic nitrogens is 2. The van der Waals surface area contributed by atoms with Gasteiger partial charge in [-0.1, -0.05) is 72.8 Å². The van der Waals surface area contributed by atoms with Crippen LogP contribution >= 0.6 is 34.0 Å². The van der Waals surface area contributed by atoms with Crippen molar-refractivity contribution in [2.45, 2.75) is 0 Å². The molecule has 4 aromatic heterocycles. The van der Waals surface area contributed by atoms with Gasteiger partial charge in [-0.15, -0.1) is 34.0 Å². The maximum atomic E-state index is 15.0. The molecule has 0 amide bonds. The normalized spacial score (nSPS) is 12.0. The number of thiophene rings is 3. The Morgan fingerprint density at radius 3 is 1.18 bits per heavy atom. The van der Waals surface area contributed by atoms with E-state index in [4.69, 9.17) is 19.4 Å². The first-order valence-electron chi connectivity index (χ1n) is 20.7. The van der Waals surface area contributed by atoms with Crippen LogP contribution < -0.4 is 9.47 Å². The van der Waals surface area contributed by atoms with Gasteiger partial charge in [-0.2, -0.15) is 0 Å². The molecule has 13 rings (SSSR count). The second-order valence-electron chi connectivity index (χ2n) is 16.0. The van der Waals surface area contributed by atoms with Gasteiger partial charge < -0.3 is 9.47 Å². The van der Waals surface area contributed by atoms with Crippen LogP contribution in [0.25, 0.3) is 105 Å². The summed E-state index contributed by atoms with van der Waals surface area (Å²) in [5.74, 6) is -8.53. The summed E-state index contributed by atoms with van der Waals surface area (Å²) in [5.41, 5.74) is 3.89. The minimum atomic E-state index is -1.22. The molecule has 0 radical (unpaired) electrons. The molecule has 322 valence electrons. The summed E-state index contributed by atoms with van der Waals surface area (Å²) in [6, 6.07) is 40.9. The van der Waals surface area contributed by atoms with Gasteiger partial charge in [-0.05, 0) is 59.3 Å². The topological polar surface area (TPSA) is 44.2 Å². The number of halogens is 6. The average molecular weight is 943 g/mol. The lowest BCUT2D eigenvalue weighted by molar-refractivity contribution is 0.401. The molecule has 4 nitrogen and oxygen atoms in total. The summed E-state index contributed by atoms with van der Waals surface area (Å²) in [5, 5.41) is 6.74.